The first-order chi connectivity index (χ1) is 9.60. The van der Waals surface area contributed by atoms with Gasteiger partial charge in [-0.2, -0.15) is 0 Å². The molecule has 0 amide bonds. The average Bonchev–Trinajstić information content (AvgIpc) is 2.91. The Morgan fingerprint density at radius 1 is 1.42 bits per heavy atom. The molecule has 0 radical (unpaired) electrons. The lowest BCUT2D eigenvalue weighted by Crippen LogP contribution is -2.15. The molecule has 19 heavy (non-hydrogen) atoms. The van der Waals surface area contributed by atoms with E-state index in [0.29, 0.717) is 6.61 Å². The Bertz CT molecular complexity index is 358. The molecule has 2 fully saturated rings. The Balaban J connectivity index is 1.68. The van der Waals surface area contributed by atoms with Crippen LogP contribution in [0.5, 0.6) is 0 Å². The van der Waals surface area contributed by atoms with Crippen molar-refractivity contribution in [2.24, 2.45) is 5.92 Å². The molecular weight excluding hydrogens is 244 g/mol. The van der Waals surface area contributed by atoms with Gasteiger partial charge < -0.3 is 14.6 Å². The molecule has 0 bridgehead atoms. The Labute approximate surface area is 116 Å². The smallest absolute Gasteiger partial charge is 0.309 e. The Morgan fingerprint density at radius 2 is 2.26 bits per heavy atom. The number of cyclic esters (lactones) is 1. The topological polar surface area (TPSA) is 55.8 Å². The molecule has 2 rings (SSSR count). The molecule has 2 aliphatic rings. The number of rotatable bonds is 7. The summed E-state index contributed by atoms with van der Waals surface area (Å²) in [6.07, 6.45) is 5.52. The highest BCUT2D eigenvalue weighted by molar-refractivity contribution is 5.74. The van der Waals surface area contributed by atoms with Gasteiger partial charge >= 0.3 is 5.97 Å². The van der Waals surface area contributed by atoms with E-state index in [1.54, 1.807) is 0 Å². The van der Waals surface area contributed by atoms with Gasteiger partial charge in [-0.3, -0.25) is 4.79 Å². The molecule has 2 heterocycles. The molecule has 0 saturated carbocycles. The molecule has 4 heteroatoms. The monoisotopic (exact) mass is 270 g/mol. The van der Waals surface area contributed by atoms with Gasteiger partial charge in [-0.05, 0) is 44.1 Å². The minimum Gasteiger partial charge on any atom is -0.462 e. The minimum atomic E-state index is -0.0746. The normalized spacial score (nSPS) is 35.5. The lowest BCUT2D eigenvalue weighted by atomic mass is 9.99. The van der Waals surface area contributed by atoms with Crippen LogP contribution in [-0.2, 0) is 14.3 Å². The summed E-state index contributed by atoms with van der Waals surface area (Å²) >= 11 is 0. The van der Waals surface area contributed by atoms with E-state index in [1.165, 1.54) is 0 Å². The summed E-state index contributed by atoms with van der Waals surface area (Å²) in [6, 6.07) is 0. The van der Waals surface area contributed by atoms with Crippen LogP contribution in [0.15, 0.2) is 12.2 Å². The van der Waals surface area contributed by atoms with Crippen molar-refractivity contribution < 1.29 is 19.4 Å². The standard InChI is InChI=1S/C15H24O4/c1-10-8-12(4-3-7-16)18-14(10)6-5-13-9-11(2)15(17)19-13/h11-14,16H,1,3-9H2,2H3/t11-,12+,13-,14?/m1/s1/i16T. The second-order valence-electron chi connectivity index (χ2n) is 5.73. The van der Waals surface area contributed by atoms with Crippen LogP contribution in [0.2, 0.25) is 0 Å². The molecule has 4 nitrogen and oxygen atoms in total. The van der Waals surface area contributed by atoms with E-state index in [2.05, 4.69) is 11.7 Å². The molecule has 108 valence electrons. The van der Waals surface area contributed by atoms with Gasteiger partial charge in [0.05, 0.1) is 18.1 Å². The molecule has 0 spiro atoms. The van der Waals surface area contributed by atoms with Crippen molar-refractivity contribution in [2.45, 2.75) is 63.8 Å². The van der Waals surface area contributed by atoms with Gasteiger partial charge in [-0.15, -0.1) is 0 Å². The van der Waals surface area contributed by atoms with Gasteiger partial charge in [0.25, 0.3) is 0 Å². The third kappa shape index (κ3) is 3.80. The SMILES string of the molecule is [3H]OCCC[C@H]1CC(=C)C(CC[C@@H]2C[C@@H](C)C(=O)O2)O1. The van der Waals surface area contributed by atoms with Crippen LogP contribution < -0.4 is 0 Å². The number of hydrogen-bond acceptors (Lipinski definition) is 4. The maximum Gasteiger partial charge on any atom is 0.309 e. The van der Waals surface area contributed by atoms with Gasteiger partial charge in [0.2, 0.25) is 1.43 Å². The highest BCUT2D eigenvalue weighted by Gasteiger charge is 2.33. The second kappa shape index (κ2) is 6.53. The lowest BCUT2D eigenvalue weighted by molar-refractivity contribution is -0.144. The number of hydrogen-bond donors (Lipinski definition) is 1. The van der Waals surface area contributed by atoms with E-state index >= 15 is 0 Å². The maximum atomic E-state index is 11.3. The Morgan fingerprint density at radius 3 is 2.95 bits per heavy atom. The first-order valence-corrected chi connectivity index (χ1v) is 7.22. The minimum absolute atomic E-state index is 0.0327. The van der Waals surface area contributed by atoms with Crippen molar-refractivity contribution in [1.82, 2.24) is 0 Å². The van der Waals surface area contributed by atoms with Crippen molar-refractivity contribution >= 4 is 5.97 Å². The van der Waals surface area contributed by atoms with Crippen molar-refractivity contribution in [3.63, 3.8) is 0 Å². The summed E-state index contributed by atoms with van der Waals surface area (Å²) in [5.41, 5.74) is 1.14. The summed E-state index contributed by atoms with van der Waals surface area (Å²) in [4.78, 5) is 11.3. The summed E-state index contributed by atoms with van der Waals surface area (Å²) in [7, 11) is 0. The lowest BCUT2D eigenvalue weighted by Gasteiger charge is -2.15. The largest absolute Gasteiger partial charge is 0.462 e. The first kappa shape index (κ1) is 13.1. The average molecular weight is 270 g/mol. The zero-order valence-electron chi connectivity index (χ0n) is 12.6. The number of aliphatic hydroxyl groups excluding tert-OH is 1. The highest BCUT2D eigenvalue weighted by atomic mass is 16.6. The Kier molecular flexibility index (Phi) is 4.51. The molecule has 1 unspecified atom stereocenters. The number of ether oxygens (including phenoxy) is 2. The third-order valence-electron chi connectivity index (χ3n) is 4.02. The number of aliphatic hydroxyl groups is 1. The molecule has 0 aromatic rings. The van der Waals surface area contributed by atoms with Gasteiger partial charge in [-0.25, -0.2) is 0 Å². The fourth-order valence-corrected chi connectivity index (χ4v) is 2.89. The van der Waals surface area contributed by atoms with E-state index in [1.807, 2.05) is 6.92 Å². The predicted octanol–water partition coefficient (Wildman–Crippen LogP) is 2.20. The quantitative estimate of drug-likeness (QED) is 0.438. The van der Waals surface area contributed by atoms with Crippen molar-refractivity contribution in [1.29, 1.82) is 1.43 Å². The third-order valence-corrected chi connectivity index (χ3v) is 4.02. The molecule has 1 N–H and O–H groups in total. The van der Waals surface area contributed by atoms with Crippen LogP contribution in [0.25, 0.3) is 0 Å². The molecule has 0 aliphatic carbocycles. The number of esters is 1. The Hall–Kier alpha value is -0.870. The van der Waals surface area contributed by atoms with Crippen LogP contribution in [0.1, 0.15) is 45.4 Å². The summed E-state index contributed by atoms with van der Waals surface area (Å²) in [5, 5.41) is 4.31. The van der Waals surface area contributed by atoms with Crippen LogP contribution in [0, 0.1) is 5.92 Å². The second-order valence-corrected chi connectivity index (χ2v) is 5.73. The van der Waals surface area contributed by atoms with E-state index < -0.39 is 0 Å². The zero-order valence-corrected chi connectivity index (χ0v) is 11.6. The van der Waals surface area contributed by atoms with Gasteiger partial charge in [0, 0.05) is 6.61 Å². The maximum absolute atomic E-state index is 11.3. The van der Waals surface area contributed by atoms with Crippen LogP contribution in [0.3, 0.4) is 0 Å². The van der Waals surface area contributed by atoms with E-state index in [9.17, 15) is 4.79 Å². The van der Waals surface area contributed by atoms with Crippen molar-refractivity contribution in [3.05, 3.63) is 12.2 Å². The molecule has 0 aromatic heterocycles. The van der Waals surface area contributed by atoms with Crippen molar-refractivity contribution in [2.75, 3.05) is 6.61 Å². The first-order valence-electron chi connectivity index (χ1n) is 7.62. The summed E-state index contributed by atoms with van der Waals surface area (Å²) < 4.78 is 17.9. The van der Waals surface area contributed by atoms with Gasteiger partial charge in [0.15, 0.2) is 0 Å². The van der Waals surface area contributed by atoms with E-state index in [-0.39, 0.29) is 30.2 Å². The van der Waals surface area contributed by atoms with Crippen LogP contribution in [-0.4, -0.2) is 37.4 Å². The number of carbonyl (C=O) groups excluding carboxylic acids is 1. The number of carbonyl (C=O) groups is 1. The van der Waals surface area contributed by atoms with E-state index in [4.69, 9.17) is 10.9 Å². The van der Waals surface area contributed by atoms with Crippen molar-refractivity contribution in [3.8, 4) is 0 Å². The molecule has 2 aliphatic heterocycles. The molecule has 4 atom stereocenters. The molecule has 2 saturated heterocycles. The molecular formula is C15H24O4. The fraction of sp³-hybridized carbons (Fsp3) is 0.800. The zero-order chi connectivity index (χ0) is 14.5. The van der Waals surface area contributed by atoms with Gasteiger partial charge in [0.1, 0.15) is 6.10 Å². The van der Waals surface area contributed by atoms with Crippen LogP contribution >= 0.6 is 0 Å². The highest BCUT2D eigenvalue weighted by Crippen LogP contribution is 2.32. The predicted molar refractivity (Wildman–Crippen MR) is 71.6 cm³/mol. The fourth-order valence-electron chi connectivity index (χ4n) is 2.89. The summed E-state index contributed by atoms with van der Waals surface area (Å²) in [6.45, 7) is 6.45. The summed E-state index contributed by atoms with van der Waals surface area (Å²) in [5.74, 6) is -0.0419. The van der Waals surface area contributed by atoms with Crippen LogP contribution in [0.4, 0.5) is 0 Å². The van der Waals surface area contributed by atoms with Gasteiger partial charge in [-0.1, -0.05) is 13.5 Å². The van der Waals surface area contributed by atoms with E-state index in [0.717, 1.165) is 44.1 Å². The molecule has 0 aromatic carbocycles.